The second kappa shape index (κ2) is 8.61. The minimum Gasteiger partial charge on any atom is -0.326 e. The molecule has 3 N–H and O–H groups in total. The Balaban J connectivity index is 1.21. The van der Waals surface area contributed by atoms with E-state index >= 15 is 0 Å². The van der Waals surface area contributed by atoms with Gasteiger partial charge in [-0.25, -0.2) is 13.1 Å². The predicted molar refractivity (Wildman–Crippen MR) is 124 cm³/mol. The van der Waals surface area contributed by atoms with Gasteiger partial charge >= 0.3 is 0 Å². The molecule has 8 heteroatoms. The Labute approximate surface area is 187 Å². The monoisotopic (exact) mass is 450 g/mol. The lowest BCUT2D eigenvalue weighted by Gasteiger charge is -2.23. The van der Waals surface area contributed by atoms with E-state index in [0.29, 0.717) is 0 Å². The molecule has 0 radical (unpaired) electrons. The predicted octanol–water partition coefficient (Wildman–Crippen LogP) is 3.01. The van der Waals surface area contributed by atoms with Gasteiger partial charge in [0, 0.05) is 35.4 Å². The number of carbonyl (C=O) groups is 1. The van der Waals surface area contributed by atoms with Gasteiger partial charge in [0.15, 0.2) is 0 Å². The van der Waals surface area contributed by atoms with Crippen LogP contribution in [0, 0.1) is 5.92 Å². The Hall–Kier alpha value is -2.81. The summed E-state index contributed by atoms with van der Waals surface area (Å²) < 4.78 is 28.1. The molecule has 2 atom stereocenters. The van der Waals surface area contributed by atoms with Gasteiger partial charge in [-0.15, -0.1) is 0 Å². The van der Waals surface area contributed by atoms with Crippen LogP contribution < -0.4 is 15.4 Å². The van der Waals surface area contributed by atoms with Crippen molar-refractivity contribution in [3.63, 3.8) is 0 Å². The third kappa shape index (κ3) is 4.53. The van der Waals surface area contributed by atoms with E-state index in [9.17, 15) is 13.2 Å². The van der Waals surface area contributed by atoms with E-state index in [1.54, 1.807) is 24.5 Å². The summed E-state index contributed by atoms with van der Waals surface area (Å²) in [7, 11) is -3.53. The van der Waals surface area contributed by atoms with Gasteiger partial charge in [-0.2, -0.15) is 0 Å². The normalized spacial score (nSPS) is 21.4. The molecular formula is C24H26N4O3S. The van der Waals surface area contributed by atoms with Gasteiger partial charge in [-0.3, -0.25) is 9.78 Å². The molecule has 1 saturated heterocycles. The number of benzene rings is 2. The highest BCUT2D eigenvalue weighted by Crippen LogP contribution is 2.48. The number of nitrogens with one attached hydrogen (secondary N) is 3. The Morgan fingerprint density at radius 1 is 1.00 bits per heavy atom. The summed E-state index contributed by atoms with van der Waals surface area (Å²) in [5.41, 5.74) is 1.76. The number of rotatable bonds is 6. The van der Waals surface area contributed by atoms with Crippen LogP contribution in [0.25, 0.3) is 10.8 Å². The van der Waals surface area contributed by atoms with Crippen molar-refractivity contribution < 1.29 is 13.2 Å². The van der Waals surface area contributed by atoms with Crippen molar-refractivity contribution >= 4 is 32.4 Å². The van der Waals surface area contributed by atoms with E-state index in [2.05, 4.69) is 20.3 Å². The molecule has 166 valence electrons. The molecule has 2 aliphatic rings. The zero-order valence-corrected chi connectivity index (χ0v) is 18.4. The fraction of sp³-hybridized carbons (Fsp3) is 0.333. The molecule has 1 amide bonds. The molecule has 0 spiro atoms. The van der Waals surface area contributed by atoms with Gasteiger partial charge in [0.05, 0.1) is 4.90 Å². The number of pyridine rings is 1. The number of nitrogens with zero attached hydrogens (tertiary/aromatic N) is 1. The standard InChI is InChI=1S/C24H26N4O3S/c29-24(27-20-4-1-18-15-26-10-7-17(18)13-20)23-14-22(23)16-2-5-21(6-3-16)32(30,31)28-19-8-11-25-12-9-19/h1-7,10,13,15,19,22-23,25,28H,8-9,11-12,14H2,(H,27,29)/t22?,23-/m1/s1. The Morgan fingerprint density at radius 2 is 1.78 bits per heavy atom. The molecule has 1 aromatic heterocycles. The van der Waals surface area contributed by atoms with E-state index in [-0.39, 0.29) is 28.7 Å². The highest BCUT2D eigenvalue weighted by molar-refractivity contribution is 7.89. The molecule has 32 heavy (non-hydrogen) atoms. The van der Waals surface area contributed by atoms with Crippen molar-refractivity contribution in [1.29, 1.82) is 0 Å². The lowest BCUT2D eigenvalue weighted by Crippen LogP contribution is -2.42. The number of hydrogen-bond donors (Lipinski definition) is 3. The summed E-state index contributed by atoms with van der Waals surface area (Å²) in [6, 6.07) is 14.6. The zero-order valence-electron chi connectivity index (χ0n) is 17.6. The second-order valence-corrected chi connectivity index (χ2v) is 10.3. The number of amides is 1. The van der Waals surface area contributed by atoms with Crippen molar-refractivity contribution in [2.45, 2.75) is 36.1 Å². The molecule has 2 heterocycles. The van der Waals surface area contributed by atoms with E-state index < -0.39 is 10.0 Å². The average Bonchev–Trinajstić information content (AvgIpc) is 3.61. The van der Waals surface area contributed by atoms with Gasteiger partial charge in [0.1, 0.15) is 0 Å². The number of sulfonamides is 1. The fourth-order valence-electron chi connectivity index (χ4n) is 4.37. The van der Waals surface area contributed by atoms with Gasteiger partial charge in [0.2, 0.25) is 15.9 Å². The molecule has 7 nitrogen and oxygen atoms in total. The number of piperidine rings is 1. The number of anilines is 1. The van der Waals surface area contributed by atoms with Gasteiger partial charge in [-0.1, -0.05) is 18.2 Å². The van der Waals surface area contributed by atoms with E-state index in [1.807, 2.05) is 36.4 Å². The van der Waals surface area contributed by atoms with Gasteiger partial charge in [-0.05, 0) is 79.6 Å². The van der Waals surface area contributed by atoms with Crippen molar-refractivity contribution in [2.75, 3.05) is 18.4 Å². The summed E-state index contributed by atoms with van der Waals surface area (Å²) in [4.78, 5) is 17.1. The minimum atomic E-state index is -3.53. The van der Waals surface area contributed by atoms with Crippen LogP contribution in [0.15, 0.2) is 65.8 Å². The highest BCUT2D eigenvalue weighted by Gasteiger charge is 2.44. The first-order valence-corrected chi connectivity index (χ1v) is 12.5. The first-order valence-electron chi connectivity index (χ1n) is 11.0. The first-order chi connectivity index (χ1) is 15.5. The summed E-state index contributed by atoms with van der Waals surface area (Å²) in [5, 5.41) is 8.29. The molecule has 1 aliphatic carbocycles. The first kappa shape index (κ1) is 21.1. The Bertz CT molecular complexity index is 1240. The number of hydrogen-bond acceptors (Lipinski definition) is 5. The minimum absolute atomic E-state index is 0.00678. The van der Waals surface area contributed by atoms with Gasteiger partial charge in [0.25, 0.3) is 0 Å². The second-order valence-electron chi connectivity index (χ2n) is 8.59. The Morgan fingerprint density at radius 3 is 2.56 bits per heavy atom. The fourth-order valence-corrected chi connectivity index (χ4v) is 5.68. The molecule has 2 fully saturated rings. The summed E-state index contributed by atoms with van der Waals surface area (Å²) in [6.07, 6.45) is 5.89. The van der Waals surface area contributed by atoms with Crippen LogP contribution in [-0.2, 0) is 14.8 Å². The van der Waals surface area contributed by atoms with Crippen molar-refractivity contribution in [3.8, 4) is 0 Å². The maximum absolute atomic E-state index is 12.7. The van der Waals surface area contributed by atoms with E-state index in [1.165, 1.54) is 0 Å². The van der Waals surface area contributed by atoms with Crippen LogP contribution in [-0.4, -0.2) is 38.4 Å². The third-order valence-corrected chi connectivity index (χ3v) is 7.85. The molecule has 0 bridgehead atoms. The van der Waals surface area contributed by atoms with Crippen LogP contribution in [0.5, 0.6) is 0 Å². The number of aromatic nitrogens is 1. The van der Waals surface area contributed by atoms with Crippen LogP contribution >= 0.6 is 0 Å². The lowest BCUT2D eigenvalue weighted by atomic mass is 10.1. The molecule has 1 saturated carbocycles. The van der Waals surface area contributed by atoms with Crippen molar-refractivity contribution in [3.05, 3.63) is 66.5 Å². The molecule has 1 aliphatic heterocycles. The van der Waals surface area contributed by atoms with E-state index in [0.717, 1.165) is 54.4 Å². The van der Waals surface area contributed by atoms with Crippen molar-refractivity contribution in [1.82, 2.24) is 15.0 Å². The maximum Gasteiger partial charge on any atom is 0.240 e. The molecule has 1 unspecified atom stereocenters. The largest absolute Gasteiger partial charge is 0.326 e. The van der Waals surface area contributed by atoms with Crippen LogP contribution in [0.3, 0.4) is 0 Å². The number of carbonyl (C=O) groups excluding carboxylic acids is 1. The molecule has 3 aromatic rings. The topological polar surface area (TPSA) is 100 Å². The highest BCUT2D eigenvalue weighted by atomic mass is 32.2. The van der Waals surface area contributed by atoms with Crippen LogP contribution in [0.4, 0.5) is 5.69 Å². The number of fused-ring (bicyclic) bond motifs is 1. The summed E-state index contributed by atoms with van der Waals surface area (Å²) in [5.74, 6) is 0.0138. The molecule has 5 rings (SSSR count). The van der Waals surface area contributed by atoms with Crippen LogP contribution in [0.2, 0.25) is 0 Å². The third-order valence-electron chi connectivity index (χ3n) is 6.31. The average molecular weight is 451 g/mol. The molecule has 2 aromatic carbocycles. The van der Waals surface area contributed by atoms with Crippen LogP contribution in [0.1, 0.15) is 30.7 Å². The summed E-state index contributed by atoms with van der Waals surface area (Å²) >= 11 is 0. The van der Waals surface area contributed by atoms with E-state index in [4.69, 9.17) is 0 Å². The maximum atomic E-state index is 12.7. The lowest BCUT2D eigenvalue weighted by molar-refractivity contribution is -0.117. The summed E-state index contributed by atoms with van der Waals surface area (Å²) in [6.45, 7) is 1.65. The van der Waals surface area contributed by atoms with Crippen molar-refractivity contribution in [2.24, 2.45) is 5.92 Å². The molecular weight excluding hydrogens is 424 g/mol. The zero-order chi connectivity index (χ0) is 22.1. The Kier molecular flexibility index (Phi) is 5.67. The smallest absolute Gasteiger partial charge is 0.240 e. The quantitative estimate of drug-likeness (QED) is 0.536. The SMILES string of the molecule is O=C(Nc1ccc2cnccc2c1)[C@@H]1CC1c1ccc(S(=O)(=O)NC2CCNCC2)cc1. The van der Waals surface area contributed by atoms with Gasteiger partial charge < -0.3 is 10.6 Å².